The molecule has 0 amide bonds. The van der Waals surface area contributed by atoms with E-state index in [0.717, 1.165) is 10.4 Å². The van der Waals surface area contributed by atoms with E-state index in [2.05, 4.69) is 0 Å². The lowest BCUT2D eigenvalue weighted by molar-refractivity contribution is 0.434. The van der Waals surface area contributed by atoms with Gasteiger partial charge in [-0.1, -0.05) is 6.07 Å². The van der Waals surface area contributed by atoms with E-state index in [1.165, 1.54) is 12.1 Å². The average Bonchev–Trinajstić information content (AvgIpc) is 2.54. The predicted octanol–water partition coefficient (Wildman–Crippen LogP) is 0.217. The zero-order chi connectivity index (χ0) is 15.0. The van der Waals surface area contributed by atoms with Gasteiger partial charge in [0.2, 0.25) is 10.0 Å². The van der Waals surface area contributed by atoms with Gasteiger partial charge in [0, 0.05) is 13.1 Å². The first-order valence-electron chi connectivity index (χ1n) is 5.98. The lowest BCUT2D eigenvalue weighted by Gasteiger charge is -2.20. The first-order valence-corrected chi connectivity index (χ1v) is 9.25. The molecule has 0 bridgehead atoms. The fourth-order valence-corrected chi connectivity index (χ4v) is 5.03. The van der Waals surface area contributed by atoms with E-state index in [-0.39, 0.29) is 35.9 Å². The number of nitrogens with zero attached hydrogens (tertiary/aromatic N) is 1. The Bertz CT molecular complexity index is 716. The smallest absolute Gasteiger partial charge is 0.245 e. The summed E-state index contributed by atoms with van der Waals surface area (Å²) in [6.07, 6.45) is 0.219. The molecule has 1 heterocycles. The van der Waals surface area contributed by atoms with Crippen molar-refractivity contribution in [3.8, 4) is 0 Å². The molecule has 2 N–H and O–H groups in total. The molecule has 112 valence electrons. The van der Waals surface area contributed by atoms with Crippen molar-refractivity contribution in [1.82, 2.24) is 4.31 Å². The van der Waals surface area contributed by atoms with Crippen molar-refractivity contribution in [2.24, 2.45) is 0 Å². The Balaban J connectivity index is 2.38. The van der Waals surface area contributed by atoms with Gasteiger partial charge in [-0.15, -0.1) is 0 Å². The normalized spacial score (nSPS) is 20.4. The third kappa shape index (κ3) is 2.94. The number of hydrogen-bond acceptors (Lipinski definition) is 5. The summed E-state index contributed by atoms with van der Waals surface area (Å²) >= 11 is 0. The lowest BCUT2D eigenvalue weighted by Crippen LogP contribution is -2.34. The SMILES string of the molecule is Nc1c(F)cccc1S(=O)(=O)N1CCCS(=O)(=O)CC1. The molecule has 0 spiro atoms. The second kappa shape index (κ2) is 5.30. The maximum absolute atomic E-state index is 13.4. The Morgan fingerprint density at radius 1 is 1.20 bits per heavy atom. The van der Waals surface area contributed by atoms with Crippen molar-refractivity contribution in [3.63, 3.8) is 0 Å². The van der Waals surface area contributed by atoms with E-state index in [1.54, 1.807) is 0 Å². The molecule has 1 fully saturated rings. The molecule has 6 nitrogen and oxygen atoms in total. The van der Waals surface area contributed by atoms with E-state index >= 15 is 0 Å². The number of benzene rings is 1. The molecule has 0 aliphatic carbocycles. The lowest BCUT2D eigenvalue weighted by atomic mass is 10.3. The highest BCUT2D eigenvalue weighted by molar-refractivity contribution is 7.91. The molecule has 9 heteroatoms. The monoisotopic (exact) mass is 322 g/mol. The molecule has 0 saturated carbocycles. The van der Waals surface area contributed by atoms with E-state index in [0.29, 0.717) is 0 Å². The number of sulfone groups is 1. The van der Waals surface area contributed by atoms with Crippen LogP contribution >= 0.6 is 0 Å². The predicted molar refractivity (Wildman–Crippen MR) is 72.8 cm³/mol. The molecule has 2 rings (SSSR count). The number of hydrogen-bond donors (Lipinski definition) is 1. The highest BCUT2D eigenvalue weighted by Crippen LogP contribution is 2.25. The van der Waals surface area contributed by atoms with Crippen LogP contribution in [-0.2, 0) is 19.9 Å². The molecule has 1 aromatic rings. The van der Waals surface area contributed by atoms with Crippen LogP contribution in [0.2, 0.25) is 0 Å². The summed E-state index contributed by atoms with van der Waals surface area (Å²) in [5.41, 5.74) is 5.02. The van der Waals surface area contributed by atoms with Gasteiger partial charge in [-0.05, 0) is 18.6 Å². The second-order valence-electron chi connectivity index (χ2n) is 4.56. The summed E-state index contributed by atoms with van der Waals surface area (Å²) in [5, 5.41) is 0. The largest absolute Gasteiger partial charge is 0.395 e. The fourth-order valence-electron chi connectivity index (χ4n) is 2.04. The van der Waals surface area contributed by atoms with Crippen molar-refractivity contribution < 1.29 is 21.2 Å². The van der Waals surface area contributed by atoms with Gasteiger partial charge >= 0.3 is 0 Å². The number of rotatable bonds is 2. The van der Waals surface area contributed by atoms with Crippen LogP contribution in [0, 0.1) is 5.82 Å². The summed E-state index contributed by atoms with van der Waals surface area (Å²) in [6, 6.07) is 3.54. The maximum atomic E-state index is 13.4. The van der Waals surface area contributed by atoms with Crippen LogP contribution in [0.25, 0.3) is 0 Å². The van der Waals surface area contributed by atoms with Crippen LogP contribution in [0.5, 0.6) is 0 Å². The summed E-state index contributed by atoms with van der Waals surface area (Å²) in [7, 11) is -7.21. The van der Waals surface area contributed by atoms with Crippen molar-refractivity contribution >= 4 is 25.5 Å². The van der Waals surface area contributed by atoms with Crippen LogP contribution in [0.4, 0.5) is 10.1 Å². The molecule has 1 aromatic carbocycles. The molecule has 0 radical (unpaired) electrons. The van der Waals surface area contributed by atoms with Gasteiger partial charge < -0.3 is 5.73 Å². The Kier molecular flexibility index (Phi) is 4.03. The topological polar surface area (TPSA) is 97.5 Å². The third-order valence-corrected chi connectivity index (χ3v) is 6.82. The summed E-state index contributed by atoms with van der Waals surface area (Å²) in [4.78, 5) is -0.322. The van der Waals surface area contributed by atoms with Gasteiger partial charge in [0.25, 0.3) is 0 Å². The van der Waals surface area contributed by atoms with E-state index in [4.69, 9.17) is 5.73 Å². The zero-order valence-electron chi connectivity index (χ0n) is 10.6. The summed E-state index contributed by atoms with van der Waals surface area (Å²) in [6.45, 7) is -0.0574. The first kappa shape index (κ1) is 15.2. The van der Waals surface area contributed by atoms with E-state index in [1.807, 2.05) is 0 Å². The standard InChI is InChI=1S/C11H15FN2O4S2/c12-9-3-1-4-10(11(9)13)20(17,18)14-5-2-7-19(15,16)8-6-14/h1,3-4H,2,5-8,13H2. The number of anilines is 1. The Hall–Kier alpha value is -1.19. The molecule has 1 aliphatic rings. The van der Waals surface area contributed by atoms with Crippen LogP contribution in [0.15, 0.2) is 23.1 Å². The maximum Gasteiger partial charge on any atom is 0.245 e. The quantitative estimate of drug-likeness (QED) is 0.785. The van der Waals surface area contributed by atoms with Crippen molar-refractivity contribution in [2.45, 2.75) is 11.3 Å². The first-order chi connectivity index (χ1) is 9.24. The van der Waals surface area contributed by atoms with Crippen LogP contribution in [0.1, 0.15) is 6.42 Å². The fraction of sp³-hybridized carbons (Fsp3) is 0.455. The Labute approximate surface area is 117 Å². The van der Waals surface area contributed by atoms with Crippen molar-refractivity contribution in [1.29, 1.82) is 0 Å². The Morgan fingerprint density at radius 3 is 2.60 bits per heavy atom. The number of nitrogens with two attached hydrogens (primary N) is 1. The molecular weight excluding hydrogens is 307 g/mol. The highest BCUT2D eigenvalue weighted by Gasteiger charge is 2.30. The van der Waals surface area contributed by atoms with Gasteiger partial charge in [0.15, 0.2) is 9.84 Å². The number of para-hydroxylation sites is 1. The molecule has 0 atom stereocenters. The van der Waals surface area contributed by atoms with Crippen molar-refractivity contribution in [3.05, 3.63) is 24.0 Å². The van der Waals surface area contributed by atoms with Crippen LogP contribution in [-0.4, -0.2) is 45.7 Å². The summed E-state index contributed by atoms with van der Waals surface area (Å²) < 4.78 is 62.2. The third-order valence-electron chi connectivity index (χ3n) is 3.15. The van der Waals surface area contributed by atoms with Crippen molar-refractivity contribution in [2.75, 3.05) is 30.3 Å². The summed E-state index contributed by atoms with van der Waals surface area (Å²) in [5.74, 6) is -1.09. The van der Waals surface area contributed by atoms with Gasteiger partial charge in [0.1, 0.15) is 10.7 Å². The molecule has 1 saturated heterocycles. The number of sulfonamides is 1. The average molecular weight is 322 g/mol. The highest BCUT2D eigenvalue weighted by atomic mass is 32.2. The molecular formula is C11H15FN2O4S2. The van der Waals surface area contributed by atoms with Gasteiger partial charge in [0.05, 0.1) is 17.2 Å². The molecule has 1 aliphatic heterocycles. The molecule has 0 unspecified atom stereocenters. The van der Waals surface area contributed by atoms with Crippen LogP contribution < -0.4 is 5.73 Å². The zero-order valence-corrected chi connectivity index (χ0v) is 12.3. The molecule has 20 heavy (non-hydrogen) atoms. The number of halogens is 1. The Morgan fingerprint density at radius 2 is 1.90 bits per heavy atom. The minimum absolute atomic E-state index is 0.0440. The van der Waals surface area contributed by atoms with E-state index in [9.17, 15) is 21.2 Å². The molecule has 0 aromatic heterocycles. The van der Waals surface area contributed by atoms with Gasteiger partial charge in [-0.3, -0.25) is 0 Å². The number of nitrogen functional groups attached to an aromatic ring is 1. The second-order valence-corrected chi connectivity index (χ2v) is 8.77. The van der Waals surface area contributed by atoms with Crippen LogP contribution in [0.3, 0.4) is 0 Å². The van der Waals surface area contributed by atoms with E-state index < -0.39 is 31.4 Å². The van der Waals surface area contributed by atoms with Gasteiger partial charge in [-0.2, -0.15) is 4.31 Å². The minimum Gasteiger partial charge on any atom is -0.395 e. The van der Waals surface area contributed by atoms with Gasteiger partial charge in [-0.25, -0.2) is 21.2 Å². The minimum atomic E-state index is -3.98.